The lowest BCUT2D eigenvalue weighted by atomic mass is 10.1. The summed E-state index contributed by atoms with van der Waals surface area (Å²) in [6, 6.07) is 10.7. The second-order valence-corrected chi connectivity index (χ2v) is 5.93. The fourth-order valence-corrected chi connectivity index (χ4v) is 2.52. The van der Waals surface area contributed by atoms with Crippen LogP contribution in [-0.4, -0.2) is 39.2 Å². The fourth-order valence-electron chi connectivity index (χ4n) is 2.52. The third-order valence-corrected chi connectivity index (χ3v) is 3.97. The second kappa shape index (κ2) is 9.47. The van der Waals surface area contributed by atoms with E-state index in [2.05, 4.69) is 5.32 Å². The number of nitrogens with one attached hydrogen (secondary N) is 1. The molecule has 2 aromatic rings. The van der Waals surface area contributed by atoms with Crippen LogP contribution < -0.4 is 25.3 Å². The Balaban J connectivity index is 1.96. The molecule has 0 aliphatic heterocycles. The zero-order chi connectivity index (χ0) is 19.8. The van der Waals surface area contributed by atoms with Crippen LogP contribution in [0.25, 0.3) is 0 Å². The van der Waals surface area contributed by atoms with Crippen molar-refractivity contribution >= 4 is 11.8 Å². The number of methoxy groups -OCH3 is 2. The Labute approximate surface area is 158 Å². The van der Waals surface area contributed by atoms with Gasteiger partial charge in [0.1, 0.15) is 5.75 Å². The molecule has 3 N–H and O–H groups in total. The summed E-state index contributed by atoms with van der Waals surface area (Å²) in [5.74, 6) is 0.710. The largest absolute Gasteiger partial charge is 0.496 e. The number of hydrogen-bond acceptors (Lipinski definition) is 5. The van der Waals surface area contributed by atoms with Crippen LogP contribution in [0.15, 0.2) is 36.4 Å². The first-order valence-corrected chi connectivity index (χ1v) is 8.45. The van der Waals surface area contributed by atoms with E-state index < -0.39 is 5.91 Å². The minimum Gasteiger partial charge on any atom is -0.496 e. The van der Waals surface area contributed by atoms with Crippen molar-refractivity contribution < 1.29 is 23.8 Å². The van der Waals surface area contributed by atoms with Gasteiger partial charge in [0.2, 0.25) is 0 Å². The van der Waals surface area contributed by atoms with E-state index in [9.17, 15) is 9.59 Å². The molecule has 2 aromatic carbocycles. The number of primary amides is 1. The molecule has 2 amide bonds. The Hall–Kier alpha value is -3.22. The van der Waals surface area contributed by atoms with Gasteiger partial charge < -0.3 is 25.3 Å². The van der Waals surface area contributed by atoms with Crippen LogP contribution in [0.4, 0.5) is 0 Å². The topological polar surface area (TPSA) is 99.9 Å². The van der Waals surface area contributed by atoms with Gasteiger partial charge >= 0.3 is 0 Å². The van der Waals surface area contributed by atoms with E-state index in [4.69, 9.17) is 19.9 Å². The van der Waals surface area contributed by atoms with E-state index in [1.54, 1.807) is 25.3 Å². The van der Waals surface area contributed by atoms with Crippen molar-refractivity contribution in [2.45, 2.75) is 13.3 Å². The Kier molecular flexibility index (Phi) is 7.05. The maximum absolute atomic E-state index is 12.4. The normalized spacial score (nSPS) is 10.2. The molecular formula is C20H24N2O5. The molecule has 0 aliphatic carbocycles. The summed E-state index contributed by atoms with van der Waals surface area (Å²) in [4.78, 5) is 23.2. The zero-order valence-electron chi connectivity index (χ0n) is 15.7. The number of benzene rings is 2. The van der Waals surface area contributed by atoms with Gasteiger partial charge in [-0.15, -0.1) is 0 Å². The molecule has 0 saturated carbocycles. The summed E-state index contributed by atoms with van der Waals surface area (Å²) in [6.45, 7) is 2.20. The molecule has 7 heteroatoms. The van der Waals surface area contributed by atoms with Crippen LogP contribution in [0, 0.1) is 6.92 Å². The van der Waals surface area contributed by atoms with Crippen molar-refractivity contribution in [2.75, 3.05) is 27.4 Å². The monoisotopic (exact) mass is 372 g/mol. The van der Waals surface area contributed by atoms with Crippen molar-refractivity contribution in [1.82, 2.24) is 5.32 Å². The van der Waals surface area contributed by atoms with Gasteiger partial charge in [0.05, 0.1) is 14.2 Å². The average molecular weight is 372 g/mol. The molecule has 0 aliphatic rings. The molecule has 0 radical (unpaired) electrons. The van der Waals surface area contributed by atoms with Gasteiger partial charge in [-0.25, -0.2) is 0 Å². The van der Waals surface area contributed by atoms with Gasteiger partial charge in [-0.3, -0.25) is 9.59 Å². The Bertz CT molecular complexity index is 820. The summed E-state index contributed by atoms with van der Waals surface area (Å²) in [5.41, 5.74) is 7.63. The molecule has 0 bridgehead atoms. The molecule has 0 heterocycles. The fraction of sp³-hybridized carbons (Fsp3) is 0.300. The van der Waals surface area contributed by atoms with Gasteiger partial charge in [-0.2, -0.15) is 0 Å². The van der Waals surface area contributed by atoms with E-state index in [-0.39, 0.29) is 12.5 Å². The first kappa shape index (κ1) is 20.1. The van der Waals surface area contributed by atoms with Gasteiger partial charge in [0, 0.05) is 12.1 Å². The molecule has 0 spiro atoms. The summed E-state index contributed by atoms with van der Waals surface area (Å²) in [7, 11) is 3.09. The highest BCUT2D eigenvalue weighted by atomic mass is 16.5. The van der Waals surface area contributed by atoms with E-state index in [1.165, 1.54) is 7.11 Å². The van der Waals surface area contributed by atoms with E-state index in [0.717, 1.165) is 16.9 Å². The quantitative estimate of drug-likeness (QED) is 0.700. The van der Waals surface area contributed by atoms with E-state index in [1.807, 2.05) is 25.1 Å². The van der Waals surface area contributed by atoms with Crippen molar-refractivity contribution in [3.8, 4) is 17.2 Å². The van der Waals surface area contributed by atoms with Crippen molar-refractivity contribution in [3.05, 3.63) is 53.1 Å². The minimum atomic E-state index is -0.591. The van der Waals surface area contributed by atoms with Gasteiger partial charge in [-0.1, -0.05) is 12.1 Å². The van der Waals surface area contributed by atoms with E-state index in [0.29, 0.717) is 30.0 Å². The van der Waals surface area contributed by atoms with Crippen LogP contribution in [0.1, 0.15) is 21.5 Å². The highest BCUT2D eigenvalue weighted by Crippen LogP contribution is 2.28. The van der Waals surface area contributed by atoms with Crippen LogP contribution >= 0.6 is 0 Å². The van der Waals surface area contributed by atoms with Gasteiger partial charge in [0.25, 0.3) is 11.8 Å². The number of carbonyl (C=O) groups is 2. The SMILES string of the molecule is COc1cc(CCNC(=O)c2ccc(OCC(N)=O)c(OC)c2)ccc1C. The van der Waals surface area contributed by atoms with Crippen LogP contribution in [0.5, 0.6) is 17.2 Å². The molecule has 0 unspecified atom stereocenters. The number of ether oxygens (including phenoxy) is 3. The highest BCUT2D eigenvalue weighted by molar-refractivity contribution is 5.94. The van der Waals surface area contributed by atoms with Crippen LogP contribution in [-0.2, 0) is 11.2 Å². The second-order valence-electron chi connectivity index (χ2n) is 5.93. The Morgan fingerprint density at radius 1 is 1.00 bits per heavy atom. The van der Waals surface area contributed by atoms with Crippen LogP contribution in [0.2, 0.25) is 0 Å². The molecule has 0 atom stereocenters. The third-order valence-electron chi connectivity index (χ3n) is 3.97. The van der Waals surface area contributed by atoms with E-state index >= 15 is 0 Å². The highest BCUT2D eigenvalue weighted by Gasteiger charge is 2.12. The molecule has 0 saturated heterocycles. The van der Waals surface area contributed by atoms with Crippen molar-refractivity contribution in [1.29, 1.82) is 0 Å². The lowest BCUT2D eigenvalue weighted by molar-refractivity contribution is -0.119. The summed E-state index contributed by atoms with van der Waals surface area (Å²) in [6.07, 6.45) is 0.680. The number of carbonyl (C=O) groups excluding carboxylic acids is 2. The predicted octanol–water partition coefficient (Wildman–Crippen LogP) is 1.85. The molecule has 144 valence electrons. The molecule has 27 heavy (non-hydrogen) atoms. The number of rotatable bonds is 9. The lowest BCUT2D eigenvalue weighted by Crippen LogP contribution is -2.25. The smallest absolute Gasteiger partial charge is 0.255 e. The number of hydrogen-bond donors (Lipinski definition) is 2. The maximum atomic E-state index is 12.4. The van der Waals surface area contributed by atoms with Gasteiger partial charge in [0.15, 0.2) is 18.1 Å². The minimum absolute atomic E-state index is 0.228. The Morgan fingerprint density at radius 2 is 1.74 bits per heavy atom. The average Bonchev–Trinajstić information content (AvgIpc) is 2.67. The Morgan fingerprint density at radius 3 is 2.41 bits per heavy atom. The third kappa shape index (κ3) is 5.64. The molecule has 0 fully saturated rings. The molecule has 7 nitrogen and oxygen atoms in total. The van der Waals surface area contributed by atoms with Crippen molar-refractivity contribution in [2.24, 2.45) is 5.73 Å². The number of nitrogens with two attached hydrogens (primary N) is 1. The first-order valence-electron chi connectivity index (χ1n) is 8.45. The molecule has 2 rings (SSSR count). The molecular weight excluding hydrogens is 348 g/mol. The first-order chi connectivity index (χ1) is 12.9. The maximum Gasteiger partial charge on any atom is 0.255 e. The summed E-state index contributed by atoms with van der Waals surface area (Å²) in [5, 5.41) is 2.87. The zero-order valence-corrected chi connectivity index (χ0v) is 15.7. The number of amides is 2. The summed E-state index contributed by atoms with van der Waals surface area (Å²) >= 11 is 0. The van der Waals surface area contributed by atoms with Crippen LogP contribution in [0.3, 0.4) is 0 Å². The van der Waals surface area contributed by atoms with Crippen molar-refractivity contribution in [3.63, 3.8) is 0 Å². The van der Waals surface area contributed by atoms with Gasteiger partial charge in [-0.05, 0) is 48.7 Å². The molecule has 0 aromatic heterocycles. The summed E-state index contributed by atoms with van der Waals surface area (Å²) < 4.78 is 15.8. The number of aryl methyl sites for hydroxylation is 1. The predicted molar refractivity (Wildman–Crippen MR) is 101 cm³/mol. The lowest BCUT2D eigenvalue weighted by Gasteiger charge is -2.12. The standard InChI is InChI=1S/C20H24N2O5/c1-13-4-5-14(10-17(13)25-2)8-9-22-20(24)15-6-7-16(18(11-15)26-3)27-12-19(21)23/h4-7,10-11H,8-9,12H2,1-3H3,(H2,21,23)(H,22,24).